The third kappa shape index (κ3) is 20.0. The second kappa shape index (κ2) is 32.3. The summed E-state index contributed by atoms with van der Waals surface area (Å²) in [6.45, 7) is 41.5. The van der Waals surface area contributed by atoms with Crippen molar-refractivity contribution in [1.82, 2.24) is 10.6 Å². The summed E-state index contributed by atoms with van der Waals surface area (Å²) >= 11 is 0. The Labute approximate surface area is 494 Å². The van der Waals surface area contributed by atoms with Gasteiger partial charge in [0.25, 0.3) is 0 Å². The van der Waals surface area contributed by atoms with Crippen molar-refractivity contribution in [3.8, 4) is 0 Å². The zero-order valence-electron chi connectivity index (χ0n) is 53.6. The van der Waals surface area contributed by atoms with Gasteiger partial charge in [0.1, 0.15) is 37.0 Å². The van der Waals surface area contributed by atoms with Crippen LogP contribution in [0, 0.1) is 29.6 Å². The van der Waals surface area contributed by atoms with Crippen LogP contribution in [0.3, 0.4) is 0 Å². The number of cyclic esters (lactones) is 4. The molecule has 16 atom stereocenters. The molecule has 83 heavy (non-hydrogen) atoms. The Hall–Kier alpha value is -4.49. The lowest BCUT2D eigenvalue weighted by Gasteiger charge is -2.44. The maximum Gasteiger partial charge on any atom is 0.408 e. The number of aldehydes is 1. The minimum Gasteiger partial charge on any atom is -0.456 e. The molecule has 0 spiro atoms. The molecule has 2 saturated heterocycles. The van der Waals surface area contributed by atoms with Crippen LogP contribution in [-0.4, -0.2) is 165 Å². The minimum atomic E-state index is -1.11. The van der Waals surface area contributed by atoms with E-state index in [1.54, 1.807) is 74.7 Å². The number of nitrogens with two attached hydrogens (primary N) is 1. The maximum atomic E-state index is 12.6. The number of alkyl carbamates (subject to hydrolysis) is 1. The molecule has 0 aromatic rings. The van der Waals surface area contributed by atoms with Gasteiger partial charge in [0.05, 0.1) is 72.4 Å². The topological polar surface area (TPSA) is 287 Å². The van der Waals surface area contributed by atoms with Crippen LogP contribution in [0.25, 0.3) is 0 Å². The summed E-state index contributed by atoms with van der Waals surface area (Å²) in [7, 11) is 3.08. The number of aliphatic hydroxyl groups is 2. The Morgan fingerprint density at radius 1 is 0.711 bits per heavy atom. The van der Waals surface area contributed by atoms with Crippen molar-refractivity contribution in [2.75, 3.05) is 47.6 Å². The molecule has 1 amide bonds. The zero-order chi connectivity index (χ0) is 63.6. The monoisotopic (exact) mass is 1180 g/mol. The molecule has 4 heterocycles. The van der Waals surface area contributed by atoms with Crippen molar-refractivity contribution < 1.29 is 91.0 Å². The smallest absolute Gasteiger partial charge is 0.408 e. The second-order valence-corrected chi connectivity index (χ2v) is 24.3. The molecule has 2 fully saturated rings. The molecule has 6 N–H and O–H groups in total. The van der Waals surface area contributed by atoms with Gasteiger partial charge in [-0.1, -0.05) is 53.7 Å². The number of carbonyl (C=O) groups excluding carboxylic acids is 5. The molecule has 0 bridgehead atoms. The summed E-state index contributed by atoms with van der Waals surface area (Å²) < 4.78 is 68.6. The van der Waals surface area contributed by atoms with E-state index in [0.29, 0.717) is 61.3 Å². The lowest BCUT2D eigenvalue weighted by molar-refractivity contribution is -0.224. The van der Waals surface area contributed by atoms with Crippen LogP contribution in [0.1, 0.15) is 157 Å². The fourth-order valence-corrected chi connectivity index (χ4v) is 11.7. The lowest BCUT2D eigenvalue weighted by Crippen LogP contribution is -2.59. The Morgan fingerprint density at radius 3 is 1.54 bits per heavy atom. The molecule has 22 nitrogen and oxygen atoms in total. The fourth-order valence-electron chi connectivity index (χ4n) is 11.7. The molecule has 0 aliphatic carbocycles. The fraction of sp³-hybridized carbons (Fsp3) is 0.787. The predicted octanol–water partition coefficient (Wildman–Crippen LogP) is 7.61. The molecule has 0 aromatic heterocycles. The van der Waals surface area contributed by atoms with Crippen LogP contribution in [0.4, 0.5) is 4.79 Å². The molecule has 0 unspecified atom stereocenters. The number of hydrogen-bond acceptors (Lipinski definition) is 21. The van der Waals surface area contributed by atoms with Gasteiger partial charge < -0.3 is 88.2 Å². The van der Waals surface area contributed by atoms with Crippen molar-refractivity contribution >= 4 is 30.3 Å². The summed E-state index contributed by atoms with van der Waals surface area (Å²) in [5.74, 6) is -3.36. The van der Waals surface area contributed by atoms with Crippen molar-refractivity contribution in [2.45, 2.75) is 233 Å². The van der Waals surface area contributed by atoms with E-state index in [9.17, 15) is 34.2 Å². The number of amides is 1. The van der Waals surface area contributed by atoms with Crippen LogP contribution in [0.2, 0.25) is 0 Å². The number of rotatable bonds is 32. The normalized spacial score (nSPS) is 27.1. The van der Waals surface area contributed by atoms with Crippen LogP contribution >= 0.6 is 0 Å². The van der Waals surface area contributed by atoms with Gasteiger partial charge in [-0.2, -0.15) is 0 Å². The van der Waals surface area contributed by atoms with Crippen LogP contribution in [0.5, 0.6) is 0 Å². The molecule has 4 aliphatic rings. The van der Waals surface area contributed by atoms with E-state index in [-0.39, 0.29) is 74.4 Å². The third-order valence-electron chi connectivity index (χ3n) is 15.9. The summed E-state index contributed by atoms with van der Waals surface area (Å²) in [5, 5.41) is 26.8. The first-order valence-corrected chi connectivity index (χ1v) is 29.0. The van der Waals surface area contributed by atoms with E-state index < -0.39 is 82.5 Å². The first-order chi connectivity index (χ1) is 38.5. The molecule has 0 aromatic carbocycles. The van der Waals surface area contributed by atoms with E-state index in [0.717, 1.165) is 6.29 Å². The lowest BCUT2D eigenvalue weighted by atomic mass is 9.79. The van der Waals surface area contributed by atoms with Gasteiger partial charge in [-0.25, -0.2) is 14.4 Å². The average molecular weight is 1180 g/mol. The number of aliphatic hydroxyl groups excluding tert-OH is 2. The number of nitrogens with one attached hydrogen (secondary N) is 2. The molecular formula is C61H105N3O19. The standard InChI is InChI=1S/C30H52N2O9.C21H34O7.C10H19NO3/c1-12-14-38-29(9,25(37-17-36-11)19(4)23-20(5)26(34)40-28(7,8)39-23)15-18(3)16-31-21(6)24-30(10,22(33)13-2)41-27(35)32-24;1-9-10-26-21(7,11-14(2)12-22)18(25-13-24-8)15(3)17-16(4)19(23)28-20(5,6)27-17;1-4-8(12)10(3)7(6(2)11)5-9(13)14-10/h12,18-19,21-22,24-25,31,33H,1,13-17H2,2-11H3,(H,32,35);9,12,14-15,18H,1,10-11,13H2,2-8H3;6-8,12H,4-5,11H2,1-3H3/t18-,19+,21-,22-,24-,25-,29-,30-;14-,15+,18-,21-;6-,7-,8-,10+/m111/s1. The van der Waals surface area contributed by atoms with Gasteiger partial charge in [-0.15, -0.1) is 13.2 Å². The van der Waals surface area contributed by atoms with Gasteiger partial charge in [0.2, 0.25) is 11.6 Å². The number of ether oxygens (including phenoxy) is 12. The summed E-state index contributed by atoms with van der Waals surface area (Å²) in [4.78, 5) is 59.5. The summed E-state index contributed by atoms with van der Waals surface area (Å²) in [6, 6.07) is -0.751. The zero-order valence-corrected chi connectivity index (χ0v) is 53.6. The van der Waals surface area contributed by atoms with Crippen molar-refractivity contribution in [3.63, 3.8) is 0 Å². The van der Waals surface area contributed by atoms with E-state index in [2.05, 4.69) is 30.7 Å². The van der Waals surface area contributed by atoms with Crippen LogP contribution in [-0.2, 0) is 76.0 Å². The predicted molar refractivity (Wildman–Crippen MR) is 311 cm³/mol. The molecule has 4 aliphatic heterocycles. The number of hydrogen-bond donors (Lipinski definition) is 5. The average Bonchev–Trinajstić information content (AvgIpc) is 4.05. The number of methoxy groups -OCH3 is 2. The van der Waals surface area contributed by atoms with Gasteiger partial charge in [0, 0.05) is 77.7 Å². The number of carbonyl (C=O) groups is 5. The highest BCUT2D eigenvalue weighted by Crippen LogP contribution is 2.42. The molecule has 0 saturated carbocycles. The van der Waals surface area contributed by atoms with Crippen LogP contribution in [0.15, 0.2) is 48.0 Å². The van der Waals surface area contributed by atoms with Gasteiger partial charge in [-0.3, -0.25) is 4.79 Å². The highest BCUT2D eigenvalue weighted by atomic mass is 16.7. The number of esters is 3. The summed E-state index contributed by atoms with van der Waals surface area (Å²) in [6.07, 6.45) is 3.46. The first kappa shape index (κ1) is 74.6. The molecule has 4 rings (SSSR count). The Morgan fingerprint density at radius 2 is 1.14 bits per heavy atom. The van der Waals surface area contributed by atoms with Gasteiger partial charge in [0.15, 0.2) is 5.60 Å². The van der Waals surface area contributed by atoms with E-state index >= 15 is 0 Å². The summed E-state index contributed by atoms with van der Waals surface area (Å²) in [5.41, 5.74) is 3.01. The van der Waals surface area contributed by atoms with Gasteiger partial charge in [-0.05, 0) is 93.5 Å². The van der Waals surface area contributed by atoms with Crippen LogP contribution < -0.4 is 16.4 Å². The SMILES string of the molecule is C=CCO[C@](C)(C[C@@H](C)C=O)[C@H](OCOC)[C@@H](C)C1=C(C)C(=O)OC(C)(C)O1.C=CCO[C@](C)(C[C@@H](C)CN[C@H](C)[C@H]1NC(=O)O[C@]1(C)[C@H](O)CC)[C@H](OCOC)[C@@H](C)C1=C(C)C(=O)OC(C)(C)O1.CC[C@@H](O)[C@@]1(C)OC(=O)C[C@@H]1[C@@H](C)N. The minimum absolute atomic E-state index is 0.0194. The highest BCUT2D eigenvalue weighted by Gasteiger charge is 2.54. The van der Waals surface area contributed by atoms with E-state index in [4.69, 9.17) is 62.6 Å². The van der Waals surface area contributed by atoms with Crippen molar-refractivity contribution in [3.05, 3.63) is 48.0 Å². The quantitative estimate of drug-likeness (QED) is 0.0142. The third-order valence-corrected chi connectivity index (χ3v) is 15.9. The van der Waals surface area contributed by atoms with E-state index in [1.807, 2.05) is 62.3 Å². The second-order valence-electron chi connectivity index (χ2n) is 24.3. The Bertz CT molecular complexity index is 2220. The van der Waals surface area contributed by atoms with E-state index in [1.165, 1.54) is 7.11 Å². The molecular weight excluding hydrogens is 1080 g/mol. The van der Waals surface area contributed by atoms with Gasteiger partial charge >= 0.3 is 24.0 Å². The largest absolute Gasteiger partial charge is 0.456 e. The molecule has 478 valence electrons. The van der Waals surface area contributed by atoms with Crippen molar-refractivity contribution in [2.24, 2.45) is 35.3 Å². The molecule has 22 heteroatoms. The molecule has 0 radical (unpaired) electrons. The Balaban J connectivity index is 0.000000479. The first-order valence-electron chi connectivity index (χ1n) is 29.0. The highest BCUT2D eigenvalue weighted by molar-refractivity contribution is 5.89. The maximum absolute atomic E-state index is 12.6. The Kier molecular flexibility index (Phi) is 29.0. The van der Waals surface area contributed by atoms with Crippen molar-refractivity contribution in [1.29, 1.82) is 0 Å².